The molecule has 4 heteroatoms. The van der Waals surface area contributed by atoms with Gasteiger partial charge in [0.25, 0.3) is 0 Å². The van der Waals surface area contributed by atoms with Crippen LogP contribution in [0, 0.1) is 0 Å². The van der Waals surface area contributed by atoms with Crippen LogP contribution in [0.1, 0.15) is 16.7 Å². The first-order valence-corrected chi connectivity index (χ1v) is 9.46. The second-order valence-electron chi connectivity index (χ2n) is 7.27. The zero-order valence-electron chi connectivity index (χ0n) is 15.6. The lowest BCUT2D eigenvalue weighted by atomic mass is 9.96. The first-order chi connectivity index (χ1) is 13.2. The number of fused-ring (bicyclic) bond motifs is 2. The number of hydrogen-bond acceptors (Lipinski definition) is 2. The van der Waals surface area contributed by atoms with Gasteiger partial charge in [-0.25, -0.2) is 4.79 Å². The molecule has 4 nitrogen and oxygen atoms in total. The van der Waals surface area contributed by atoms with Gasteiger partial charge in [0, 0.05) is 32.7 Å². The Kier molecular flexibility index (Phi) is 5.07. The Balaban J connectivity index is 1.31. The van der Waals surface area contributed by atoms with E-state index in [-0.39, 0.29) is 12.1 Å². The van der Waals surface area contributed by atoms with Crippen LogP contribution in [0.3, 0.4) is 0 Å². The van der Waals surface area contributed by atoms with Crippen LogP contribution < -0.4 is 10.6 Å². The molecule has 0 spiro atoms. The van der Waals surface area contributed by atoms with E-state index in [1.54, 1.807) is 4.90 Å². The van der Waals surface area contributed by atoms with Crippen molar-refractivity contribution in [3.63, 3.8) is 0 Å². The van der Waals surface area contributed by atoms with E-state index in [0.29, 0.717) is 13.1 Å². The standard InChI is InChI=1S/C23H25N3O/c1-26(16-22-13-20-8-4-5-9-21(20)15-24-22)23(27)25-14-17-10-11-18-6-2-3-7-19(18)12-17/h2-12,22,24H,13-16H2,1H3,(H,25,27). The molecule has 0 saturated carbocycles. The molecule has 0 aromatic heterocycles. The molecule has 1 atom stereocenters. The number of nitrogens with zero attached hydrogens (tertiary/aromatic N) is 1. The van der Waals surface area contributed by atoms with Crippen molar-refractivity contribution < 1.29 is 4.79 Å². The van der Waals surface area contributed by atoms with E-state index in [9.17, 15) is 4.79 Å². The summed E-state index contributed by atoms with van der Waals surface area (Å²) in [5, 5.41) is 8.98. The molecule has 3 aromatic carbocycles. The average Bonchev–Trinajstić information content (AvgIpc) is 2.71. The summed E-state index contributed by atoms with van der Waals surface area (Å²) >= 11 is 0. The molecule has 0 aliphatic carbocycles. The van der Waals surface area contributed by atoms with Crippen LogP contribution in [0.4, 0.5) is 4.79 Å². The highest BCUT2D eigenvalue weighted by atomic mass is 16.2. The van der Waals surface area contributed by atoms with Gasteiger partial charge in [0.15, 0.2) is 0 Å². The predicted octanol–water partition coefficient (Wildman–Crippen LogP) is 3.70. The van der Waals surface area contributed by atoms with Gasteiger partial charge in [-0.05, 0) is 39.9 Å². The summed E-state index contributed by atoms with van der Waals surface area (Å²) in [6.07, 6.45) is 0.957. The lowest BCUT2D eigenvalue weighted by Gasteiger charge is -2.30. The fraction of sp³-hybridized carbons (Fsp3) is 0.261. The van der Waals surface area contributed by atoms with Crippen molar-refractivity contribution in [1.29, 1.82) is 0 Å². The van der Waals surface area contributed by atoms with Crippen molar-refractivity contribution >= 4 is 16.8 Å². The van der Waals surface area contributed by atoms with Crippen LogP contribution >= 0.6 is 0 Å². The highest BCUT2D eigenvalue weighted by Crippen LogP contribution is 2.17. The number of hydrogen-bond donors (Lipinski definition) is 2. The van der Waals surface area contributed by atoms with Crippen LogP contribution in [-0.4, -0.2) is 30.6 Å². The quantitative estimate of drug-likeness (QED) is 0.746. The highest BCUT2D eigenvalue weighted by Gasteiger charge is 2.20. The molecule has 0 saturated heterocycles. The maximum absolute atomic E-state index is 12.5. The summed E-state index contributed by atoms with van der Waals surface area (Å²) in [6.45, 7) is 2.10. The minimum absolute atomic E-state index is 0.0381. The fourth-order valence-electron chi connectivity index (χ4n) is 3.72. The molecule has 1 heterocycles. The van der Waals surface area contributed by atoms with Gasteiger partial charge in [-0.1, -0.05) is 60.7 Å². The SMILES string of the molecule is CN(CC1Cc2ccccc2CN1)C(=O)NCc1ccc2ccccc2c1. The third kappa shape index (κ3) is 4.12. The Morgan fingerprint density at radius 1 is 1.04 bits per heavy atom. The molecule has 3 aromatic rings. The van der Waals surface area contributed by atoms with Gasteiger partial charge in [0.05, 0.1) is 0 Å². The normalized spacial score (nSPS) is 16.0. The summed E-state index contributed by atoms with van der Waals surface area (Å²) in [5.41, 5.74) is 3.85. The van der Waals surface area contributed by atoms with Gasteiger partial charge in [0.2, 0.25) is 0 Å². The predicted molar refractivity (Wildman–Crippen MR) is 110 cm³/mol. The Bertz CT molecular complexity index is 953. The molecule has 27 heavy (non-hydrogen) atoms. The van der Waals surface area contributed by atoms with Crippen molar-refractivity contribution in [2.45, 2.75) is 25.6 Å². The van der Waals surface area contributed by atoms with Crippen molar-refractivity contribution in [3.05, 3.63) is 83.4 Å². The van der Waals surface area contributed by atoms with E-state index in [1.807, 2.05) is 19.2 Å². The van der Waals surface area contributed by atoms with Gasteiger partial charge in [-0.15, -0.1) is 0 Å². The number of likely N-dealkylation sites (N-methyl/N-ethyl adjacent to an activating group) is 1. The average molecular weight is 359 g/mol. The maximum atomic E-state index is 12.5. The molecular weight excluding hydrogens is 334 g/mol. The molecule has 138 valence electrons. The van der Waals surface area contributed by atoms with E-state index < -0.39 is 0 Å². The minimum atomic E-state index is -0.0381. The van der Waals surface area contributed by atoms with Crippen molar-refractivity contribution in [3.8, 4) is 0 Å². The number of urea groups is 1. The van der Waals surface area contributed by atoms with E-state index in [0.717, 1.165) is 18.5 Å². The van der Waals surface area contributed by atoms with Crippen molar-refractivity contribution in [1.82, 2.24) is 15.5 Å². The Morgan fingerprint density at radius 2 is 1.78 bits per heavy atom. The number of benzene rings is 3. The van der Waals surface area contributed by atoms with E-state index in [2.05, 4.69) is 65.2 Å². The molecule has 1 aliphatic heterocycles. The second kappa shape index (κ2) is 7.80. The molecule has 0 bridgehead atoms. The number of nitrogens with one attached hydrogen (secondary N) is 2. The van der Waals surface area contributed by atoms with Crippen LogP contribution in [0.5, 0.6) is 0 Å². The largest absolute Gasteiger partial charge is 0.334 e. The van der Waals surface area contributed by atoms with Gasteiger partial charge < -0.3 is 15.5 Å². The van der Waals surface area contributed by atoms with Crippen molar-refractivity contribution in [2.24, 2.45) is 0 Å². The molecule has 2 amide bonds. The van der Waals surface area contributed by atoms with E-state index in [4.69, 9.17) is 0 Å². The number of amides is 2. The molecular formula is C23H25N3O. The highest BCUT2D eigenvalue weighted by molar-refractivity contribution is 5.83. The third-order valence-corrected chi connectivity index (χ3v) is 5.26. The summed E-state index contributed by atoms with van der Waals surface area (Å²) in [7, 11) is 1.86. The van der Waals surface area contributed by atoms with Crippen LogP contribution in [0.15, 0.2) is 66.7 Å². The topological polar surface area (TPSA) is 44.4 Å². The maximum Gasteiger partial charge on any atom is 0.317 e. The first-order valence-electron chi connectivity index (χ1n) is 9.46. The summed E-state index contributed by atoms with van der Waals surface area (Å²) in [4.78, 5) is 14.3. The smallest absolute Gasteiger partial charge is 0.317 e. The minimum Gasteiger partial charge on any atom is -0.334 e. The van der Waals surface area contributed by atoms with Crippen LogP contribution in [0.25, 0.3) is 10.8 Å². The summed E-state index contributed by atoms with van der Waals surface area (Å²) < 4.78 is 0. The zero-order chi connectivity index (χ0) is 18.6. The van der Waals surface area contributed by atoms with E-state index in [1.165, 1.54) is 21.9 Å². The third-order valence-electron chi connectivity index (χ3n) is 5.26. The molecule has 2 N–H and O–H groups in total. The fourth-order valence-corrected chi connectivity index (χ4v) is 3.72. The van der Waals surface area contributed by atoms with Crippen LogP contribution in [0.2, 0.25) is 0 Å². The van der Waals surface area contributed by atoms with Gasteiger partial charge in [-0.2, -0.15) is 0 Å². The first kappa shape index (κ1) is 17.6. The number of carbonyl (C=O) groups excluding carboxylic acids is 1. The van der Waals surface area contributed by atoms with Gasteiger partial charge in [0.1, 0.15) is 0 Å². The summed E-state index contributed by atoms with van der Waals surface area (Å²) in [5.74, 6) is 0. The van der Waals surface area contributed by atoms with Gasteiger partial charge >= 0.3 is 6.03 Å². The lowest BCUT2D eigenvalue weighted by Crippen LogP contribution is -2.47. The van der Waals surface area contributed by atoms with Crippen molar-refractivity contribution in [2.75, 3.05) is 13.6 Å². The van der Waals surface area contributed by atoms with Crippen LogP contribution in [-0.2, 0) is 19.5 Å². The Hall–Kier alpha value is -2.85. The lowest BCUT2D eigenvalue weighted by molar-refractivity contribution is 0.201. The molecule has 4 rings (SSSR count). The number of rotatable bonds is 4. The Labute approximate surface area is 160 Å². The molecule has 1 aliphatic rings. The Morgan fingerprint density at radius 3 is 2.63 bits per heavy atom. The van der Waals surface area contributed by atoms with Gasteiger partial charge in [-0.3, -0.25) is 0 Å². The summed E-state index contributed by atoms with van der Waals surface area (Å²) in [6, 6.07) is 23.3. The molecule has 0 radical (unpaired) electrons. The molecule has 1 unspecified atom stereocenters. The number of carbonyl (C=O) groups is 1. The molecule has 0 fully saturated rings. The zero-order valence-corrected chi connectivity index (χ0v) is 15.6. The van der Waals surface area contributed by atoms with E-state index >= 15 is 0 Å². The second-order valence-corrected chi connectivity index (χ2v) is 7.27. The monoisotopic (exact) mass is 359 g/mol.